The van der Waals surface area contributed by atoms with Crippen LogP contribution >= 0.6 is 0 Å². The number of hydrogen-bond acceptors (Lipinski definition) is 5. The van der Waals surface area contributed by atoms with Crippen LogP contribution in [0.2, 0.25) is 0 Å². The lowest BCUT2D eigenvalue weighted by Gasteiger charge is -1.98. The number of hydrogen-bond donors (Lipinski definition) is 1. The van der Waals surface area contributed by atoms with Crippen LogP contribution in [0.1, 0.15) is 0 Å². The number of carboxylic acid groups (broad SMARTS) is 1. The lowest BCUT2D eigenvalue weighted by molar-refractivity contribution is -0.137. The van der Waals surface area contributed by atoms with E-state index >= 15 is 0 Å². The van der Waals surface area contributed by atoms with Crippen molar-refractivity contribution in [3.05, 3.63) is 23.1 Å². The summed E-state index contributed by atoms with van der Waals surface area (Å²) in [4.78, 5) is 29.2. The molecule has 72 valence electrons. The van der Waals surface area contributed by atoms with E-state index in [4.69, 9.17) is 9.52 Å². The lowest BCUT2D eigenvalue weighted by Crippen LogP contribution is -2.24. The second-order valence-electron chi connectivity index (χ2n) is 2.58. The Bertz CT molecular complexity index is 541. The number of carbonyl (C=O) groups is 1. The molecule has 0 atom stereocenters. The van der Waals surface area contributed by atoms with Crippen LogP contribution in [0.25, 0.3) is 11.2 Å². The number of oxazole rings is 1. The number of aliphatic carboxylic acids is 1. The van der Waals surface area contributed by atoms with Crippen LogP contribution in [0.15, 0.2) is 21.9 Å². The minimum Gasteiger partial charge on any atom is -0.480 e. The van der Waals surface area contributed by atoms with E-state index in [1.807, 2.05) is 0 Å². The number of aromatic nitrogens is 3. The van der Waals surface area contributed by atoms with Crippen LogP contribution in [-0.2, 0) is 11.3 Å². The Labute approximate surface area is 76.6 Å². The topological polar surface area (TPSA) is 98.2 Å². The van der Waals surface area contributed by atoms with Gasteiger partial charge in [0.05, 0.1) is 0 Å². The van der Waals surface area contributed by atoms with Crippen LogP contribution in [-0.4, -0.2) is 25.6 Å². The van der Waals surface area contributed by atoms with E-state index in [-0.39, 0.29) is 11.2 Å². The normalized spacial score (nSPS) is 10.6. The van der Waals surface area contributed by atoms with Gasteiger partial charge in [0.1, 0.15) is 12.9 Å². The highest BCUT2D eigenvalue weighted by molar-refractivity contribution is 5.68. The van der Waals surface area contributed by atoms with E-state index in [2.05, 4.69) is 9.97 Å². The van der Waals surface area contributed by atoms with Crippen LogP contribution in [0.5, 0.6) is 0 Å². The number of fused-ring (bicyclic) bond motifs is 1. The average molecular weight is 195 g/mol. The molecule has 2 aromatic rings. The van der Waals surface area contributed by atoms with Crippen LogP contribution in [0.3, 0.4) is 0 Å². The Kier molecular flexibility index (Phi) is 1.77. The van der Waals surface area contributed by atoms with Crippen molar-refractivity contribution in [2.24, 2.45) is 0 Å². The third kappa shape index (κ3) is 1.24. The summed E-state index contributed by atoms with van der Waals surface area (Å²) in [6.45, 7) is -0.436. The summed E-state index contributed by atoms with van der Waals surface area (Å²) in [6, 6.07) is 0. The summed E-state index contributed by atoms with van der Waals surface area (Å²) in [7, 11) is 0. The van der Waals surface area contributed by atoms with Crippen molar-refractivity contribution in [1.82, 2.24) is 14.5 Å². The maximum atomic E-state index is 11.5. The van der Waals surface area contributed by atoms with E-state index < -0.39 is 18.1 Å². The molecule has 1 N–H and O–H groups in total. The van der Waals surface area contributed by atoms with Gasteiger partial charge in [0.25, 0.3) is 11.3 Å². The zero-order valence-electron chi connectivity index (χ0n) is 6.88. The third-order valence-corrected chi connectivity index (χ3v) is 1.63. The highest BCUT2D eigenvalue weighted by Gasteiger charge is 2.09. The zero-order valence-corrected chi connectivity index (χ0v) is 6.88. The SMILES string of the molecule is O=C(O)Cn1cnc2ocnc2c1=O. The summed E-state index contributed by atoms with van der Waals surface area (Å²) in [5, 5.41) is 8.48. The molecule has 0 spiro atoms. The molecule has 2 heterocycles. The molecule has 0 aromatic carbocycles. The van der Waals surface area contributed by atoms with Gasteiger partial charge in [0.15, 0.2) is 11.9 Å². The molecular formula is C7H5N3O4. The van der Waals surface area contributed by atoms with Crippen molar-refractivity contribution in [3.8, 4) is 0 Å². The second kappa shape index (κ2) is 2.95. The van der Waals surface area contributed by atoms with Crippen LogP contribution < -0.4 is 5.56 Å². The first-order valence-electron chi connectivity index (χ1n) is 3.69. The van der Waals surface area contributed by atoms with Crippen LogP contribution in [0, 0.1) is 0 Å². The van der Waals surface area contributed by atoms with Gasteiger partial charge in [0.2, 0.25) is 0 Å². The Morgan fingerprint density at radius 1 is 1.57 bits per heavy atom. The molecule has 0 aliphatic heterocycles. The molecular weight excluding hydrogens is 190 g/mol. The summed E-state index contributed by atoms with van der Waals surface area (Å²) < 4.78 is 5.73. The van der Waals surface area contributed by atoms with E-state index in [0.29, 0.717) is 0 Å². The van der Waals surface area contributed by atoms with Crippen molar-refractivity contribution in [2.45, 2.75) is 6.54 Å². The maximum absolute atomic E-state index is 11.5. The minimum absolute atomic E-state index is 0.0359. The largest absolute Gasteiger partial charge is 0.480 e. The Hall–Kier alpha value is -2.18. The number of rotatable bonds is 2. The molecule has 0 aliphatic rings. The monoisotopic (exact) mass is 195 g/mol. The molecule has 0 fully saturated rings. The molecule has 7 nitrogen and oxygen atoms in total. The van der Waals surface area contributed by atoms with Gasteiger partial charge in [0, 0.05) is 0 Å². The third-order valence-electron chi connectivity index (χ3n) is 1.63. The molecule has 0 aliphatic carbocycles. The summed E-state index contributed by atoms with van der Waals surface area (Å²) >= 11 is 0. The average Bonchev–Trinajstić information content (AvgIpc) is 2.57. The van der Waals surface area contributed by atoms with Gasteiger partial charge in [-0.3, -0.25) is 14.2 Å². The molecule has 2 aromatic heterocycles. The minimum atomic E-state index is -1.11. The van der Waals surface area contributed by atoms with E-state index in [1.54, 1.807) is 0 Å². The summed E-state index contributed by atoms with van der Waals surface area (Å²) in [5.74, 6) is -1.11. The van der Waals surface area contributed by atoms with Gasteiger partial charge < -0.3 is 9.52 Å². The molecule has 0 saturated carbocycles. The first kappa shape index (κ1) is 8.42. The standard InChI is InChI=1S/C7H5N3O4/c11-4(12)1-10-2-8-6-5(7(10)13)9-3-14-6/h2-3H,1H2,(H,11,12). The van der Waals surface area contributed by atoms with Crippen molar-refractivity contribution < 1.29 is 14.3 Å². The first-order valence-corrected chi connectivity index (χ1v) is 3.69. The van der Waals surface area contributed by atoms with Crippen molar-refractivity contribution in [3.63, 3.8) is 0 Å². The van der Waals surface area contributed by atoms with Crippen molar-refractivity contribution in [2.75, 3.05) is 0 Å². The smallest absolute Gasteiger partial charge is 0.323 e. The molecule has 0 saturated heterocycles. The lowest BCUT2D eigenvalue weighted by atomic mass is 10.5. The quantitative estimate of drug-likeness (QED) is 0.691. The Morgan fingerprint density at radius 3 is 3.07 bits per heavy atom. The molecule has 14 heavy (non-hydrogen) atoms. The van der Waals surface area contributed by atoms with Gasteiger partial charge in [-0.15, -0.1) is 0 Å². The van der Waals surface area contributed by atoms with E-state index in [0.717, 1.165) is 17.3 Å². The van der Waals surface area contributed by atoms with Crippen LogP contribution in [0.4, 0.5) is 0 Å². The molecule has 0 unspecified atom stereocenters. The predicted octanol–water partition coefficient (Wildman–Crippen LogP) is -0.531. The van der Waals surface area contributed by atoms with E-state index in [1.165, 1.54) is 0 Å². The van der Waals surface area contributed by atoms with Crippen molar-refractivity contribution in [1.29, 1.82) is 0 Å². The molecule has 2 rings (SSSR count). The Balaban J connectivity index is 2.62. The second-order valence-corrected chi connectivity index (χ2v) is 2.58. The van der Waals surface area contributed by atoms with E-state index in [9.17, 15) is 9.59 Å². The predicted molar refractivity (Wildman–Crippen MR) is 43.7 cm³/mol. The molecule has 0 radical (unpaired) electrons. The summed E-state index contributed by atoms with van der Waals surface area (Å²) in [6.07, 6.45) is 2.20. The fourth-order valence-electron chi connectivity index (χ4n) is 1.05. The zero-order chi connectivity index (χ0) is 10.1. The van der Waals surface area contributed by atoms with Gasteiger partial charge in [-0.1, -0.05) is 0 Å². The highest BCUT2D eigenvalue weighted by atomic mass is 16.4. The summed E-state index contributed by atoms with van der Waals surface area (Å²) in [5.41, 5.74) is -0.378. The fraction of sp³-hybridized carbons (Fsp3) is 0.143. The van der Waals surface area contributed by atoms with Gasteiger partial charge in [-0.05, 0) is 0 Å². The van der Waals surface area contributed by atoms with Gasteiger partial charge >= 0.3 is 5.97 Å². The maximum Gasteiger partial charge on any atom is 0.323 e. The first-order chi connectivity index (χ1) is 6.68. The molecule has 7 heteroatoms. The number of nitrogens with zero attached hydrogens (tertiary/aromatic N) is 3. The molecule has 0 amide bonds. The van der Waals surface area contributed by atoms with Crippen molar-refractivity contribution >= 4 is 17.2 Å². The Morgan fingerprint density at radius 2 is 2.36 bits per heavy atom. The molecule has 0 bridgehead atoms. The van der Waals surface area contributed by atoms with Gasteiger partial charge in [-0.25, -0.2) is 9.97 Å². The highest BCUT2D eigenvalue weighted by Crippen LogP contribution is 2.01. The number of carboxylic acids is 1. The fourth-order valence-corrected chi connectivity index (χ4v) is 1.05. The van der Waals surface area contributed by atoms with Gasteiger partial charge in [-0.2, -0.15) is 0 Å².